The maximum absolute atomic E-state index is 5.72. The molecule has 0 aliphatic heterocycles. The van der Waals surface area contributed by atoms with Gasteiger partial charge in [0.1, 0.15) is 5.69 Å². The van der Waals surface area contributed by atoms with E-state index in [2.05, 4.69) is 42.8 Å². The lowest BCUT2D eigenvalue weighted by Crippen LogP contribution is -2.01. The molecular weight excluding hydrogens is 343 g/mol. The smallest absolute Gasteiger partial charge is 0.222 e. The number of nitrogen functional groups attached to an aromatic ring is 2. The molecule has 0 spiro atoms. The van der Waals surface area contributed by atoms with Gasteiger partial charge in [-0.1, -0.05) is 0 Å². The molecule has 2 rings (SSSR count). The van der Waals surface area contributed by atoms with Crippen LogP contribution in [0.1, 0.15) is 5.69 Å². The molecule has 0 saturated carbocycles. The molecule has 0 atom stereocenters. The van der Waals surface area contributed by atoms with Crippen LogP contribution in [0.15, 0.2) is 34.5 Å². The van der Waals surface area contributed by atoms with E-state index in [1.165, 1.54) is 0 Å². The van der Waals surface area contributed by atoms with Gasteiger partial charge in [-0.15, -0.1) is 5.11 Å². The van der Waals surface area contributed by atoms with E-state index in [9.17, 15) is 0 Å². The summed E-state index contributed by atoms with van der Waals surface area (Å²) in [7, 11) is 0. The summed E-state index contributed by atoms with van der Waals surface area (Å²) in [5.41, 5.74) is 13.0. The highest BCUT2D eigenvalue weighted by molar-refractivity contribution is 14.1. The Balaban J connectivity index is 2.31. The van der Waals surface area contributed by atoms with Crippen molar-refractivity contribution in [2.75, 3.05) is 11.5 Å². The number of halogens is 1. The normalized spacial score (nSPS) is 11.0. The summed E-state index contributed by atoms with van der Waals surface area (Å²) < 4.78 is 1.14. The predicted molar refractivity (Wildman–Crippen MR) is 78.9 cm³/mol. The zero-order chi connectivity index (χ0) is 13.1. The molecule has 0 amide bonds. The molecule has 4 N–H and O–H groups in total. The highest BCUT2D eigenvalue weighted by Crippen LogP contribution is 2.26. The van der Waals surface area contributed by atoms with Gasteiger partial charge in [-0.2, -0.15) is 10.1 Å². The number of hydrogen-bond donors (Lipinski definition) is 2. The summed E-state index contributed by atoms with van der Waals surface area (Å²) in [6, 6.07) is 7.64. The average molecular weight is 354 g/mol. The van der Waals surface area contributed by atoms with Gasteiger partial charge in [0.25, 0.3) is 0 Å². The van der Waals surface area contributed by atoms with Crippen molar-refractivity contribution >= 4 is 45.7 Å². The highest BCUT2D eigenvalue weighted by atomic mass is 127. The summed E-state index contributed by atoms with van der Waals surface area (Å²) in [4.78, 5) is 7.84. The molecule has 1 aromatic carbocycles. The first-order valence-corrected chi connectivity index (χ1v) is 6.21. The minimum Gasteiger partial charge on any atom is -0.382 e. The Kier molecular flexibility index (Phi) is 3.70. The molecule has 0 bridgehead atoms. The van der Waals surface area contributed by atoms with E-state index < -0.39 is 0 Å². The van der Waals surface area contributed by atoms with E-state index in [1.807, 2.05) is 24.3 Å². The second kappa shape index (κ2) is 5.25. The number of nitrogens with zero attached hydrogens (tertiary/aromatic N) is 4. The largest absolute Gasteiger partial charge is 0.382 e. The van der Waals surface area contributed by atoms with Crippen LogP contribution in [-0.4, -0.2) is 9.97 Å². The lowest BCUT2D eigenvalue weighted by molar-refractivity contribution is 1.09. The second-order valence-corrected chi connectivity index (χ2v) is 4.82. The Morgan fingerprint density at radius 3 is 2.33 bits per heavy atom. The Hall–Kier alpha value is -1.77. The fourth-order valence-electron chi connectivity index (χ4n) is 1.35. The first-order chi connectivity index (χ1) is 8.56. The number of aryl methyl sites for hydroxylation is 1. The third kappa shape index (κ3) is 2.92. The summed E-state index contributed by atoms with van der Waals surface area (Å²) in [5.74, 6) is 0.368. The summed E-state index contributed by atoms with van der Waals surface area (Å²) in [6.45, 7) is 1.76. The summed E-state index contributed by atoms with van der Waals surface area (Å²) >= 11 is 2.22. The van der Waals surface area contributed by atoms with E-state index in [4.69, 9.17) is 11.5 Å². The fourth-order valence-corrected chi connectivity index (χ4v) is 1.71. The maximum Gasteiger partial charge on any atom is 0.222 e. The molecule has 0 radical (unpaired) electrons. The van der Waals surface area contributed by atoms with Gasteiger partial charge in [0, 0.05) is 3.57 Å². The van der Waals surface area contributed by atoms with Crippen LogP contribution in [0, 0.1) is 10.5 Å². The van der Waals surface area contributed by atoms with Crippen LogP contribution >= 0.6 is 22.6 Å². The minimum absolute atomic E-state index is 0.137. The number of nitrogens with two attached hydrogens (primary N) is 2. The first-order valence-electron chi connectivity index (χ1n) is 5.13. The second-order valence-electron chi connectivity index (χ2n) is 3.58. The van der Waals surface area contributed by atoms with Gasteiger partial charge in [-0.3, -0.25) is 0 Å². The van der Waals surface area contributed by atoms with E-state index in [1.54, 1.807) is 6.92 Å². The zero-order valence-electron chi connectivity index (χ0n) is 9.63. The number of azo groups is 1. The van der Waals surface area contributed by atoms with Crippen molar-refractivity contribution in [3.63, 3.8) is 0 Å². The fraction of sp³-hybridized carbons (Fsp3) is 0.0909. The van der Waals surface area contributed by atoms with Crippen LogP contribution in [0.5, 0.6) is 0 Å². The van der Waals surface area contributed by atoms with E-state index in [0.29, 0.717) is 11.4 Å². The van der Waals surface area contributed by atoms with E-state index in [-0.39, 0.29) is 11.8 Å². The van der Waals surface area contributed by atoms with Crippen LogP contribution in [0.4, 0.5) is 23.1 Å². The van der Waals surface area contributed by atoms with Crippen LogP contribution in [0.2, 0.25) is 0 Å². The molecule has 0 fully saturated rings. The lowest BCUT2D eigenvalue weighted by atomic mass is 10.3. The standard InChI is InChI=1S/C11H11IN6/c1-6-9(10(13)16-11(14)15-6)18-17-8-4-2-7(12)3-5-8/h2-5H,1H3,(H4,13,14,15,16). The number of rotatable bonds is 2. The van der Waals surface area contributed by atoms with Crippen molar-refractivity contribution in [2.45, 2.75) is 6.92 Å². The monoisotopic (exact) mass is 354 g/mol. The van der Waals surface area contributed by atoms with Crippen LogP contribution in [0.25, 0.3) is 0 Å². The topological polar surface area (TPSA) is 103 Å². The van der Waals surface area contributed by atoms with Crippen molar-refractivity contribution in [1.82, 2.24) is 9.97 Å². The molecule has 1 heterocycles. The molecular formula is C11H11IN6. The van der Waals surface area contributed by atoms with Crippen molar-refractivity contribution in [3.8, 4) is 0 Å². The molecule has 0 unspecified atom stereocenters. The van der Waals surface area contributed by atoms with E-state index >= 15 is 0 Å². The number of hydrogen-bond acceptors (Lipinski definition) is 6. The SMILES string of the molecule is Cc1nc(N)nc(N)c1N=Nc1ccc(I)cc1. The van der Waals surface area contributed by atoms with Crippen molar-refractivity contribution < 1.29 is 0 Å². The Bertz CT molecular complexity index is 570. The van der Waals surface area contributed by atoms with Gasteiger partial charge < -0.3 is 11.5 Å². The Morgan fingerprint density at radius 1 is 1.06 bits per heavy atom. The molecule has 7 heteroatoms. The van der Waals surface area contributed by atoms with Gasteiger partial charge in [0.15, 0.2) is 5.82 Å². The third-order valence-corrected chi connectivity index (χ3v) is 2.91. The number of benzene rings is 1. The summed E-state index contributed by atoms with van der Waals surface area (Å²) in [6.07, 6.45) is 0. The van der Waals surface area contributed by atoms with Gasteiger partial charge in [0.2, 0.25) is 5.95 Å². The number of anilines is 2. The molecule has 0 aliphatic rings. The predicted octanol–water partition coefficient (Wildman–Crippen LogP) is 2.97. The van der Waals surface area contributed by atoms with Gasteiger partial charge in [0.05, 0.1) is 11.4 Å². The molecule has 2 aromatic rings. The van der Waals surface area contributed by atoms with Crippen LogP contribution in [-0.2, 0) is 0 Å². The maximum atomic E-state index is 5.72. The van der Waals surface area contributed by atoms with Crippen molar-refractivity contribution in [1.29, 1.82) is 0 Å². The Morgan fingerprint density at radius 2 is 1.72 bits per heavy atom. The molecule has 6 nitrogen and oxygen atoms in total. The average Bonchev–Trinajstić information content (AvgIpc) is 2.30. The molecule has 92 valence electrons. The van der Waals surface area contributed by atoms with Crippen molar-refractivity contribution in [3.05, 3.63) is 33.5 Å². The summed E-state index contributed by atoms with van der Waals surface area (Å²) in [5, 5.41) is 8.15. The van der Waals surface area contributed by atoms with Gasteiger partial charge >= 0.3 is 0 Å². The molecule has 0 saturated heterocycles. The lowest BCUT2D eigenvalue weighted by Gasteiger charge is -2.02. The Labute approximate surface area is 118 Å². The van der Waals surface area contributed by atoms with Crippen LogP contribution < -0.4 is 11.5 Å². The molecule has 1 aromatic heterocycles. The molecule has 18 heavy (non-hydrogen) atoms. The van der Waals surface area contributed by atoms with E-state index in [0.717, 1.165) is 9.26 Å². The van der Waals surface area contributed by atoms with Crippen LogP contribution in [0.3, 0.4) is 0 Å². The first kappa shape index (κ1) is 12.7. The quantitative estimate of drug-likeness (QED) is 0.639. The third-order valence-electron chi connectivity index (χ3n) is 2.19. The zero-order valence-corrected chi connectivity index (χ0v) is 11.8. The van der Waals surface area contributed by atoms with Gasteiger partial charge in [-0.05, 0) is 53.8 Å². The van der Waals surface area contributed by atoms with Crippen molar-refractivity contribution in [2.24, 2.45) is 10.2 Å². The van der Waals surface area contributed by atoms with Gasteiger partial charge in [-0.25, -0.2) is 4.98 Å². The highest BCUT2D eigenvalue weighted by Gasteiger charge is 2.06. The number of aromatic nitrogens is 2. The molecule has 0 aliphatic carbocycles. The minimum atomic E-state index is 0.137.